The summed E-state index contributed by atoms with van der Waals surface area (Å²) in [5.41, 5.74) is 0.678. The maximum absolute atomic E-state index is 13.2. The van der Waals surface area contributed by atoms with E-state index in [9.17, 15) is 9.59 Å². The first-order valence-electron chi connectivity index (χ1n) is 10.0. The van der Waals surface area contributed by atoms with Gasteiger partial charge < -0.3 is 15.5 Å². The van der Waals surface area contributed by atoms with Crippen molar-refractivity contribution in [3.8, 4) is 0 Å². The molecule has 1 aliphatic heterocycles. The molecule has 2 aliphatic rings. The summed E-state index contributed by atoms with van der Waals surface area (Å²) in [5.74, 6) is 0.451. The predicted molar refractivity (Wildman–Crippen MR) is 110 cm³/mol. The number of carbonyl (C=O) groups excluding carboxylic acids is 2. The number of hydrogen-bond acceptors (Lipinski definition) is 3. The first-order valence-corrected chi connectivity index (χ1v) is 10.0. The number of fused-ring (bicyclic) bond motifs is 1. The molecule has 2 N–H and O–H groups in total. The van der Waals surface area contributed by atoms with Crippen LogP contribution in [0.2, 0.25) is 0 Å². The van der Waals surface area contributed by atoms with Crippen LogP contribution in [0.25, 0.3) is 0 Å². The Morgan fingerprint density at radius 1 is 1.19 bits per heavy atom. The lowest BCUT2D eigenvalue weighted by atomic mass is 9.84. The Balaban J connectivity index is 0.00000261. The van der Waals surface area contributed by atoms with Crippen LogP contribution in [0.1, 0.15) is 56.3 Å². The maximum Gasteiger partial charge on any atom is 0.254 e. The molecule has 1 aromatic carbocycles. The van der Waals surface area contributed by atoms with Gasteiger partial charge in [-0.2, -0.15) is 0 Å². The van der Waals surface area contributed by atoms with E-state index in [1.54, 1.807) is 0 Å². The first-order chi connectivity index (χ1) is 12.6. The zero-order valence-corrected chi connectivity index (χ0v) is 17.1. The minimum absolute atomic E-state index is 0. The summed E-state index contributed by atoms with van der Waals surface area (Å²) >= 11 is 0. The van der Waals surface area contributed by atoms with Crippen molar-refractivity contribution < 1.29 is 9.59 Å². The number of likely N-dealkylation sites (tertiary alicyclic amines) is 1. The summed E-state index contributed by atoms with van der Waals surface area (Å²) in [4.78, 5) is 28.0. The Hall–Kier alpha value is -1.59. The van der Waals surface area contributed by atoms with Crippen molar-refractivity contribution in [2.24, 2.45) is 5.92 Å². The lowest BCUT2D eigenvalue weighted by molar-refractivity contribution is -0.125. The molecule has 3 rings (SSSR count). The van der Waals surface area contributed by atoms with E-state index in [-0.39, 0.29) is 42.3 Å². The monoisotopic (exact) mass is 393 g/mol. The van der Waals surface area contributed by atoms with Crippen LogP contribution in [0.3, 0.4) is 0 Å². The molecular weight excluding hydrogens is 362 g/mol. The van der Waals surface area contributed by atoms with Gasteiger partial charge in [-0.05, 0) is 50.8 Å². The lowest BCUT2D eigenvalue weighted by Crippen LogP contribution is -2.51. The minimum atomic E-state index is -0.343. The van der Waals surface area contributed by atoms with Crippen molar-refractivity contribution in [2.75, 3.05) is 13.1 Å². The van der Waals surface area contributed by atoms with E-state index in [2.05, 4.69) is 24.5 Å². The van der Waals surface area contributed by atoms with E-state index in [0.29, 0.717) is 18.0 Å². The summed E-state index contributed by atoms with van der Waals surface area (Å²) in [6, 6.07) is 9.47. The molecule has 27 heavy (non-hydrogen) atoms. The summed E-state index contributed by atoms with van der Waals surface area (Å²) < 4.78 is 0. The third kappa shape index (κ3) is 5.02. The van der Waals surface area contributed by atoms with Crippen molar-refractivity contribution in [2.45, 2.75) is 64.1 Å². The van der Waals surface area contributed by atoms with E-state index in [4.69, 9.17) is 0 Å². The number of likely N-dealkylation sites (N-methyl/N-ethyl adjacent to an activating group) is 1. The highest BCUT2D eigenvalue weighted by Gasteiger charge is 2.47. The van der Waals surface area contributed by atoms with Gasteiger partial charge in [-0.15, -0.1) is 12.4 Å². The molecule has 1 aromatic rings. The Kier molecular flexibility index (Phi) is 8.11. The number of halogens is 1. The van der Waals surface area contributed by atoms with Crippen LogP contribution in [-0.2, 0) is 4.79 Å². The van der Waals surface area contributed by atoms with Gasteiger partial charge in [-0.25, -0.2) is 0 Å². The Morgan fingerprint density at radius 3 is 2.59 bits per heavy atom. The second-order valence-electron chi connectivity index (χ2n) is 7.65. The zero-order chi connectivity index (χ0) is 18.5. The molecule has 1 saturated heterocycles. The third-order valence-electron chi connectivity index (χ3n) is 5.78. The molecule has 0 radical (unpaired) electrons. The van der Waals surface area contributed by atoms with Gasteiger partial charge in [0.05, 0.1) is 0 Å². The smallest absolute Gasteiger partial charge is 0.254 e. The molecule has 1 saturated carbocycles. The van der Waals surface area contributed by atoms with Gasteiger partial charge in [-0.3, -0.25) is 9.59 Å². The van der Waals surface area contributed by atoms with Gasteiger partial charge in [0.2, 0.25) is 5.91 Å². The molecule has 6 heteroatoms. The second kappa shape index (κ2) is 10.1. The van der Waals surface area contributed by atoms with Gasteiger partial charge in [0, 0.05) is 24.2 Å². The Morgan fingerprint density at radius 2 is 1.89 bits per heavy atom. The molecule has 0 bridgehead atoms. The second-order valence-corrected chi connectivity index (χ2v) is 7.65. The highest BCUT2D eigenvalue weighted by molar-refractivity contribution is 5.98. The lowest BCUT2D eigenvalue weighted by Gasteiger charge is -2.33. The normalized spacial score (nSPS) is 25.3. The molecule has 4 atom stereocenters. The standard InChI is InChI=1S/C21H31N3O2.ClH/c1-3-22-15(2)14-23-20(25)19-13-17-11-7-8-12-18(17)24(19)21(26)16-9-5-4-6-10-16;/h4-6,9-10,15,17-19,22H,3,7-8,11-14H2,1-2H3,(H,23,25);1H/t15-,17?,18?,19?;/m1./s1. The van der Waals surface area contributed by atoms with Crippen LogP contribution >= 0.6 is 12.4 Å². The van der Waals surface area contributed by atoms with Gasteiger partial charge in [-0.1, -0.05) is 38.0 Å². The number of hydrogen-bond donors (Lipinski definition) is 2. The molecule has 0 spiro atoms. The average molecular weight is 394 g/mol. The van der Waals surface area contributed by atoms with Gasteiger partial charge >= 0.3 is 0 Å². The highest BCUT2D eigenvalue weighted by atomic mass is 35.5. The molecule has 1 aliphatic carbocycles. The maximum atomic E-state index is 13.2. The average Bonchev–Trinajstić information content (AvgIpc) is 3.06. The van der Waals surface area contributed by atoms with E-state index in [0.717, 1.165) is 32.2 Å². The summed E-state index contributed by atoms with van der Waals surface area (Å²) in [6.45, 7) is 5.58. The van der Waals surface area contributed by atoms with Crippen molar-refractivity contribution >= 4 is 24.2 Å². The highest BCUT2D eigenvalue weighted by Crippen LogP contribution is 2.40. The molecule has 150 valence electrons. The van der Waals surface area contributed by atoms with E-state index in [1.165, 1.54) is 6.42 Å². The molecule has 2 fully saturated rings. The fraction of sp³-hybridized carbons (Fsp3) is 0.619. The van der Waals surface area contributed by atoms with Crippen molar-refractivity contribution in [1.29, 1.82) is 0 Å². The van der Waals surface area contributed by atoms with E-state index >= 15 is 0 Å². The number of benzene rings is 1. The number of amides is 2. The first kappa shape index (κ1) is 21.7. The summed E-state index contributed by atoms with van der Waals surface area (Å²) in [7, 11) is 0. The summed E-state index contributed by atoms with van der Waals surface area (Å²) in [6.07, 6.45) is 5.29. The van der Waals surface area contributed by atoms with Crippen LogP contribution in [0.15, 0.2) is 30.3 Å². The minimum Gasteiger partial charge on any atom is -0.353 e. The van der Waals surface area contributed by atoms with Gasteiger partial charge in [0.1, 0.15) is 6.04 Å². The third-order valence-corrected chi connectivity index (χ3v) is 5.78. The quantitative estimate of drug-likeness (QED) is 0.781. The predicted octanol–water partition coefficient (Wildman–Crippen LogP) is 3.00. The number of carbonyl (C=O) groups is 2. The van der Waals surface area contributed by atoms with Crippen molar-refractivity contribution in [3.05, 3.63) is 35.9 Å². The van der Waals surface area contributed by atoms with E-state index in [1.807, 2.05) is 35.2 Å². The van der Waals surface area contributed by atoms with Gasteiger partial charge in [0.15, 0.2) is 0 Å². The Bertz CT molecular complexity index is 625. The van der Waals surface area contributed by atoms with Crippen LogP contribution in [0.4, 0.5) is 0 Å². The SMILES string of the molecule is CCN[C@H](C)CNC(=O)C1CC2CCCCC2N1C(=O)c1ccccc1.Cl. The van der Waals surface area contributed by atoms with Crippen molar-refractivity contribution in [1.82, 2.24) is 15.5 Å². The molecule has 1 heterocycles. The summed E-state index contributed by atoms with van der Waals surface area (Å²) in [5, 5.41) is 6.37. The molecule has 3 unspecified atom stereocenters. The number of nitrogens with one attached hydrogen (secondary N) is 2. The number of rotatable bonds is 6. The van der Waals surface area contributed by atoms with Crippen LogP contribution in [0, 0.1) is 5.92 Å². The molecular formula is C21H32ClN3O2. The van der Waals surface area contributed by atoms with Crippen LogP contribution in [0.5, 0.6) is 0 Å². The largest absolute Gasteiger partial charge is 0.353 e. The molecule has 2 amide bonds. The Labute approximate surface area is 168 Å². The van der Waals surface area contributed by atoms with Crippen LogP contribution in [-0.4, -0.2) is 47.9 Å². The van der Waals surface area contributed by atoms with E-state index < -0.39 is 0 Å². The number of nitrogens with zero attached hydrogens (tertiary/aromatic N) is 1. The van der Waals surface area contributed by atoms with Gasteiger partial charge in [0.25, 0.3) is 5.91 Å². The molecule has 0 aromatic heterocycles. The van der Waals surface area contributed by atoms with Crippen molar-refractivity contribution in [3.63, 3.8) is 0 Å². The fourth-order valence-corrected chi connectivity index (χ4v) is 4.51. The molecule has 5 nitrogen and oxygen atoms in total. The fourth-order valence-electron chi connectivity index (χ4n) is 4.51. The topological polar surface area (TPSA) is 61.4 Å². The van der Waals surface area contributed by atoms with Crippen LogP contribution < -0.4 is 10.6 Å². The zero-order valence-electron chi connectivity index (χ0n) is 16.3.